The molecule has 0 aromatic carbocycles. The van der Waals surface area contributed by atoms with Crippen LogP contribution in [0.15, 0.2) is 24.3 Å². The van der Waals surface area contributed by atoms with Crippen LogP contribution in [-0.2, 0) is 19.1 Å². The number of ether oxygens (including phenoxy) is 2. The van der Waals surface area contributed by atoms with Crippen LogP contribution >= 0.6 is 0 Å². The van der Waals surface area contributed by atoms with Crippen molar-refractivity contribution in [3.63, 3.8) is 0 Å². The zero-order valence-corrected chi connectivity index (χ0v) is 16.3. The van der Waals surface area contributed by atoms with Crippen molar-refractivity contribution >= 4 is 11.9 Å². The standard InChI is InChI=1S/C23H32O4/c1-15(27-23(25)21-14-17-7-9-19(21)12-17)5-3-2-4-10-26-22(24)20-13-16-6-8-18(20)11-16/h6-9,15-21H,2-5,10-14H2,1H3. The van der Waals surface area contributed by atoms with Crippen LogP contribution in [0.4, 0.5) is 0 Å². The zero-order chi connectivity index (χ0) is 18.8. The Labute approximate surface area is 162 Å². The number of hydrogen-bond acceptors (Lipinski definition) is 4. The molecule has 4 heteroatoms. The maximum Gasteiger partial charge on any atom is 0.309 e. The first-order valence-electron chi connectivity index (χ1n) is 10.8. The molecule has 0 saturated heterocycles. The van der Waals surface area contributed by atoms with Crippen LogP contribution < -0.4 is 0 Å². The highest BCUT2D eigenvalue weighted by Gasteiger charge is 2.41. The van der Waals surface area contributed by atoms with E-state index in [0.717, 1.165) is 51.4 Å². The minimum Gasteiger partial charge on any atom is -0.465 e. The maximum absolute atomic E-state index is 12.3. The van der Waals surface area contributed by atoms with Crippen LogP contribution in [0.2, 0.25) is 0 Å². The van der Waals surface area contributed by atoms with Gasteiger partial charge in [0.25, 0.3) is 0 Å². The van der Waals surface area contributed by atoms with Crippen LogP contribution in [0.5, 0.6) is 0 Å². The van der Waals surface area contributed by atoms with Crippen LogP contribution in [0.1, 0.15) is 58.3 Å². The minimum absolute atomic E-state index is 0.00550. The highest BCUT2D eigenvalue weighted by molar-refractivity contribution is 5.74. The lowest BCUT2D eigenvalue weighted by Crippen LogP contribution is -2.25. The van der Waals surface area contributed by atoms with E-state index < -0.39 is 0 Å². The van der Waals surface area contributed by atoms with Crippen molar-refractivity contribution in [3.8, 4) is 0 Å². The van der Waals surface area contributed by atoms with Crippen LogP contribution in [-0.4, -0.2) is 24.6 Å². The fourth-order valence-electron chi connectivity index (χ4n) is 5.44. The van der Waals surface area contributed by atoms with Crippen molar-refractivity contribution in [1.29, 1.82) is 0 Å². The fraction of sp³-hybridized carbons (Fsp3) is 0.739. The molecule has 4 aliphatic rings. The van der Waals surface area contributed by atoms with Gasteiger partial charge in [-0.15, -0.1) is 0 Å². The first kappa shape index (κ1) is 18.8. The molecule has 0 spiro atoms. The maximum atomic E-state index is 12.3. The summed E-state index contributed by atoms with van der Waals surface area (Å²) >= 11 is 0. The van der Waals surface area contributed by atoms with Crippen molar-refractivity contribution in [2.75, 3.05) is 6.61 Å². The molecule has 4 aliphatic carbocycles. The van der Waals surface area contributed by atoms with Gasteiger partial charge in [0.1, 0.15) is 0 Å². The molecule has 0 radical (unpaired) electrons. The summed E-state index contributed by atoms with van der Waals surface area (Å²) < 4.78 is 11.1. The lowest BCUT2D eigenvalue weighted by Gasteiger charge is -2.20. The van der Waals surface area contributed by atoms with Crippen molar-refractivity contribution < 1.29 is 19.1 Å². The number of carbonyl (C=O) groups is 2. The number of fused-ring (bicyclic) bond motifs is 4. The topological polar surface area (TPSA) is 52.6 Å². The monoisotopic (exact) mass is 372 g/mol. The lowest BCUT2D eigenvalue weighted by atomic mass is 9.94. The van der Waals surface area contributed by atoms with Crippen molar-refractivity contribution in [2.24, 2.45) is 35.5 Å². The van der Waals surface area contributed by atoms with Gasteiger partial charge in [-0.05, 0) is 82.0 Å². The number of carbonyl (C=O) groups excluding carboxylic acids is 2. The molecule has 7 atom stereocenters. The number of rotatable bonds is 9. The molecule has 4 bridgehead atoms. The lowest BCUT2D eigenvalue weighted by molar-refractivity contribution is -0.154. The Bertz CT molecular complexity index is 622. The highest BCUT2D eigenvalue weighted by atomic mass is 16.5. The van der Waals surface area contributed by atoms with Gasteiger partial charge in [-0.3, -0.25) is 9.59 Å². The molecule has 4 nitrogen and oxygen atoms in total. The Hall–Kier alpha value is -1.58. The molecular formula is C23H32O4. The average molecular weight is 373 g/mol. The number of unbranched alkanes of at least 4 members (excludes halogenated alkanes) is 2. The third-order valence-corrected chi connectivity index (χ3v) is 6.98. The molecule has 4 rings (SSSR count). The van der Waals surface area contributed by atoms with Gasteiger partial charge < -0.3 is 9.47 Å². The Morgan fingerprint density at radius 3 is 2.04 bits per heavy atom. The predicted octanol–water partition coefficient (Wildman–Crippen LogP) is 4.45. The third-order valence-electron chi connectivity index (χ3n) is 6.98. The van der Waals surface area contributed by atoms with Crippen LogP contribution in [0.25, 0.3) is 0 Å². The largest absolute Gasteiger partial charge is 0.465 e. The summed E-state index contributed by atoms with van der Waals surface area (Å²) in [6.45, 7) is 2.51. The number of esters is 2. The molecule has 0 N–H and O–H groups in total. The van der Waals surface area contributed by atoms with E-state index in [2.05, 4.69) is 24.3 Å². The molecule has 0 amide bonds. The molecule has 0 aromatic heterocycles. The van der Waals surface area contributed by atoms with E-state index in [-0.39, 0.29) is 29.9 Å². The van der Waals surface area contributed by atoms with Gasteiger partial charge >= 0.3 is 11.9 Å². The average Bonchev–Trinajstić information content (AvgIpc) is 3.44. The normalized spacial score (nSPS) is 36.3. The van der Waals surface area contributed by atoms with Gasteiger partial charge in [-0.1, -0.05) is 24.3 Å². The van der Waals surface area contributed by atoms with Gasteiger partial charge in [-0.25, -0.2) is 0 Å². The predicted molar refractivity (Wildman–Crippen MR) is 103 cm³/mol. The summed E-state index contributed by atoms with van der Waals surface area (Å²) in [5.74, 6) is 2.21. The van der Waals surface area contributed by atoms with Crippen LogP contribution in [0, 0.1) is 35.5 Å². The van der Waals surface area contributed by atoms with E-state index in [9.17, 15) is 9.59 Å². The molecule has 2 fully saturated rings. The van der Waals surface area contributed by atoms with E-state index >= 15 is 0 Å². The molecule has 2 saturated carbocycles. The van der Waals surface area contributed by atoms with Gasteiger partial charge in [0, 0.05) is 0 Å². The first-order valence-corrected chi connectivity index (χ1v) is 10.8. The summed E-state index contributed by atoms with van der Waals surface area (Å²) in [5.41, 5.74) is 0. The van der Waals surface area contributed by atoms with Crippen molar-refractivity contribution in [1.82, 2.24) is 0 Å². The second-order valence-electron chi connectivity index (χ2n) is 9.04. The summed E-state index contributed by atoms with van der Waals surface area (Å²) in [6.07, 6.45) is 16.8. The summed E-state index contributed by atoms with van der Waals surface area (Å²) in [6, 6.07) is 0. The fourth-order valence-corrected chi connectivity index (χ4v) is 5.44. The highest BCUT2D eigenvalue weighted by Crippen LogP contribution is 2.44. The molecule has 0 aliphatic heterocycles. The second kappa shape index (κ2) is 8.20. The smallest absolute Gasteiger partial charge is 0.309 e. The van der Waals surface area contributed by atoms with Crippen molar-refractivity contribution in [2.45, 2.75) is 64.4 Å². The van der Waals surface area contributed by atoms with E-state index in [1.54, 1.807) is 0 Å². The van der Waals surface area contributed by atoms with Gasteiger partial charge in [0.15, 0.2) is 0 Å². The molecule has 0 aromatic rings. The van der Waals surface area contributed by atoms with Gasteiger partial charge in [0.2, 0.25) is 0 Å². The molecule has 0 heterocycles. The van der Waals surface area contributed by atoms with Crippen molar-refractivity contribution in [3.05, 3.63) is 24.3 Å². The first-order chi connectivity index (χ1) is 13.1. The number of allylic oxidation sites excluding steroid dienone is 4. The van der Waals surface area contributed by atoms with E-state index in [0.29, 0.717) is 30.3 Å². The van der Waals surface area contributed by atoms with E-state index in [1.165, 1.54) is 0 Å². The Morgan fingerprint density at radius 1 is 0.852 bits per heavy atom. The Morgan fingerprint density at radius 2 is 1.48 bits per heavy atom. The van der Waals surface area contributed by atoms with Gasteiger partial charge in [0.05, 0.1) is 24.5 Å². The molecule has 148 valence electrons. The SMILES string of the molecule is CC(CCCCCOC(=O)C1CC2C=CC1C2)OC(=O)C1CC2C=CC1C2. The molecular weight excluding hydrogens is 340 g/mol. The summed E-state index contributed by atoms with van der Waals surface area (Å²) in [5, 5.41) is 0. The third kappa shape index (κ3) is 4.30. The van der Waals surface area contributed by atoms with E-state index in [1.807, 2.05) is 6.92 Å². The second-order valence-corrected chi connectivity index (χ2v) is 9.04. The Kier molecular flexibility index (Phi) is 5.70. The molecule has 27 heavy (non-hydrogen) atoms. The van der Waals surface area contributed by atoms with E-state index in [4.69, 9.17) is 9.47 Å². The Balaban J connectivity index is 1.04. The quantitative estimate of drug-likeness (QED) is 0.341. The molecule has 7 unspecified atom stereocenters. The summed E-state index contributed by atoms with van der Waals surface area (Å²) in [4.78, 5) is 24.5. The number of hydrogen-bond donors (Lipinski definition) is 0. The minimum atomic E-state index is -0.0241. The zero-order valence-electron chi connectivity index (χ0n) is 16.3. The van der Waals surface area contributed by atoms with Crippen LogP contribution in [0.3, 0.4) is 0 Å². The summed E-state index contributed by atoms with van der Waals surface area (Å²) in [7, 11) is 0. The van der Waals surface area contributed by atoms with Gasteiger partial charge in [-0.2, -0.15) is 0 Å².